The molecule has 4 heteroatoms. The monoisotopic (exact) mass is 218 g/mol. The van der Waals surface area contributed by atoms with Crippen molar-refractivity contribution in [1.29, 1.82) is 0 Å². The van der Waals surface area contributed by atoms with Crippen molar-refractivity contribution < 1.29 is 0 Å². The van der Waals surface area contributed by atoms with Crippen LogP contribution in [0, 0.1) is 0 Å². The molecule has 0 radical (unpaired) electrons. The van der Waals surface area contributed by atoms with Crippen LogP contribution in [0.15, 0.2) is 12.4 Å². The third-order valence-corrected chi connectivity index (χ3v) is 2.76. The molecule has 0 amide bonds. The van der Waals surface area contributed by atoms with E-state index in [2.05, 4.69) is 30.9 Å². The Bertz CT molecular complexity index is 499. The fourth-order valence-electron chi connectivity index (χ4n) is 1.73. The molecular weight excluding hydrogens is 200 g/mol. The minimum absolute atomic E-state index is 0.456. The van der Waals surface area contributed by atoms with Crippen LogP contribution in [0.3, 0.4) is 0 Å². The predicted molar refractivity (Wildman–Crippen MR) is 65.5 cm³/mol. The predicted octanol–water partition coefficient (Wildman–Crippen LogP) is 2.39. The zero-order chi connectivity index (χ0) is 11.7. The van der Waals surface area contributed by atoms with Crippen LogP contribution < -0.4 is 5.73 Å². The van der Waals surface area contributed by atoms with Gasteiger partial charge in [0.15, 0.2) is 5.65 Å². The molecule has 2 N–H and O–H groups in total. The number of nitrogen functional groups attached to an aromatic ring is 1. The lowest BCUT2D eigenvalue weighted by molar-refractivity contribution is 0.799. The normalized spacial score (nSPS) is 11.5. The van der Waals surface area contributed by atoms with Crippen LogP contribution in [-0.4, -0.2) is 14.6 Å². The van der Waals surface area contributed by atoms with Crippen LogP contribution in [0.1, 0.15) is 44.4 Å². The summed E-state index contributed by atoms with van der Waals surface area (Å²) in [5.41, 5.74) is 9.63. The summed E-state index contributed by atoms with van der Waals surface area (Å²) in [6.45, 7) is 6.40. The summed E-state index contributed by atoms with van der Waals surface area (Å²) >= 11 is 0. The summed E-state index contributed by atoms with van der Waals surface area (Å²) in [6.07, 6.45) is 5.85. The number of hydrogen-bond donors (Lipinski definition) is 1. The first-order valence-electron chi connectivity index (χ1n) is 5.76. The highest BCUT2D eigenvalue weighted by Crippen LogP contribution is 2.20. The van der Waals surface area contributed by atoms with E-state index in [4.69, 9.17) is 5.73 Å². The van der Waals surface area contributed by atoms with Gasteiger partial charge in [0.25, 0.3) is 0 Å². The molecular formula is C12H18N4. The number of nitrogens with zero attached hydrogens (tertiary/aromatic N) is 3. The van der Waals surface area contributed by atoms with Crippen molar-refractivity contribution in [2.24, 2.45) is 0 Å². The fraction of sp³-hybridized carbons (Fsp3) is 0.500. The highest BCUT2D eigenvalue weighted by atomic mass is 15.3. The quantitative estimate of drug-likeness (QED) is 0.860. The molecule has 0 atom stereocenters. The number of aryl methyl sites for hydroxylation is 1. The van der Waals surface area contributed by atoms with Crippen molar-refractivity contribution in [3.05, 3.63) is 23.7 Å². The van der Waals surface area contributed by atoms with Crippen LogP contribution in [0.25, 0.3) is 5.65 Å². The summed E-state index contributed by atoms with van der Waals surface area (Å²) in [6, 6.07) is 0. The van der Waals surface area contributed by atoms with E-state index in [0.29, 0.717) is 5.92 Å². The lowest BCUT2D eigenvalue weighted by Crippen LogP contribution is -1.96. The Hall–Kier alpha value is -1.58. The highest BCUT2D eigenvalue weighted by molar-refractivity contribution is 5.67. The second-order valence-electron chi connectivity index (χ2n) is 4.42. The lowest BCUT2D eigenvalue weighted by Gasteiger charge is -2.03. The summed E-state index contributed by atoms with van der Waals surface area (Å²) in [7, 11) is 0. The Morgan fingerprint density at radius 1 is 1.44 bits per heavy atom. The van der Waals surface area contributed by atoms with Crippen LogP contribution in [0.4, 0.5) is 5.69 Å². The molecule has 0 saturated heterocycles. The smallest absolute Gasteiger partial charge is 0.178 e. The van der Waals surface area contributed by atoms with Crippen LogP contribution >= 0.6 is 0 Å². The molecule has 2 heterocycles. The van der Waals surface area contributed by atoms with E-state index in [1.165, 1.54) is 5.56 Å². The number of rotatable bonds is 3. The second kappa shape index (κ2) is 4.12. The van der Waals surface area contributed by atoms with E-state index in [-0.39, 0.29) is 0 Å². The van der Waals surface area contributed by atoms with Gasteiger partial charge in [0.05, 0.1) is 5.69 Å². The number of aromatic nitrogens is 3. The Labute approximate surface area is 95.5 Å². The maximum atomic E-state index is 6.01. The molecule has 0 fully saturated rings. The summed E-state index contributed by atoms with van der Waals surface area (Å²) < 4.78 is 1.80. The van der Waals surface area contributed by atoms with E-state index in [9.17, 15) is 0 Å². The Morgan fingerprint density at radius 2 is 2.19 bits per heavy atom. The third-order valence-electron chi connectivity index (χ3n) is 2.76. The Morgan fingerprint density at radius 3 is 2.81 bits per heavy atom. The zero-order valence-corrected chi connectivity index (χ0v) is 10.1. The van der Waals surface area contributed by atoms with E-state index >= 15 is 0 Å². The molecule has 0 saturated carbocycles. The minimum Gasteiger partial charge on any atom is -0.394 e. The summed E-state index contributed by atoms with van der Waals surface area (Å²) in [5, 5.41) is 4.47. The first-order valence-corrected chi connectivity index (χ1v) is 5.76. The Balaban J connectivity index is 2.53. The van der Waals surface area contributed by atoms with Crippen molar-refractivity contribution in [1.82, 2.24) is 14.6 Å². The van der Waals surface area contributed by atoms with E-state index in [0.717, 1.165) is 29.9 Å². The second-order valence-corrected chi connectivity index (χ2v) is 4.42. The van der Waals surface area contributed by atoms with Gasteiger partial charge in [-0.3, -0.25) is 0 Å². The maximum Gasteiger partial charge on any atom is 0.178 e. The average Bonchev–Trinajstić information content (AvgIpc) is 2.56. The van der Waals surface area contributed by atoms with Crippen molar-refractivity contribution in [3.63, 3.8) is 0 Å². The van der Waals surface area contributed by atoms with E-state index in [1.807, 2.05) is 12.4 Å². The van der Waals surface area contributed by atoms with Crippen molar-refractivity contribution in [2.45, 2.75) is 39.5 Å². The Kier molecular flexibility index (Phi) is 2.81. The standard InChI is InChI=1S/C12H18N4/c1-4-5-10-11(13)12-14-6-9(8(2)3)7-16(12)15-10/h6-8H,4-5,13H2,1-3H3. The first kappa shape index (κ1) is 10.9. The SMILES string of the molecule is CCCc1nn2cc(C(C)C)cnc2c1N. The van der Waals surface area contributed by atoms with E-state index < -0.39 is 0 Å². The first-order chi connectivity index (χ1) is 7.63. The zero-order valence-electron chi connectivity index (χ0n) is 10.1. The van der Waals surface area contributed by atoms with Crippen LogP contribution in [-0.2, 0) is 6.42 Å². The fourth-order valence-corrected chi connectivity index (χ4v) is 1.73. The minimum atomic E-state index is 0.456. The molecule has 0 bridgehead atoms. The largest absolute Gasteiger partial charge is 0.394 e. The van der Waals surface area contributed by atoms with Gasteiger partial charge in [-0.25, -0.2) is 9.50 Å². The van der Waals surface area contributed by atoms with Gasteiger partial charge in [-0.05, 0) is 17.9 Å². The van der Waals surface area contributed by atoms with Gasteiger partial charge in [-0.2, -0.15) is 5.10 Å². The molecule has 0 spiro atoms. The van der Waals surface area contributed by atoms with Crippen molar-refractivity contribution in [2.75, 3.05) is 5.73 Å². The lowest BCUT2D eigenvalue weighted by atomic mass is 10.1. The average molecular weight is 218 g/mol. The molecule has 2 rings (SSSR count). The number of nitrogens with two attached hydrogens (primary N) is 1. The molecule has 4 nitrogen and oxygen atoms in total. The molecule has 86 valence electrons. The van der Waals surface area contributed by atoms with Crippen LogP contribution in [0.2, 0.25) is 0 Å². The molecule has 2 aromatic rings. The molecule has 0 aromatic carbocycles. The number of fused-ring (bicyclic) bond motifs is 1. The van der Waals surface area contributed by atoms with Gasteiger partial charge in [0.2, 0.25) is 0 Å². The molecule has 0 unspecified atom stereocenters. The van der Waals surface area contributed by atoms with Gasteiger partial charge in [0, 0.05) is 12.4 Å². The van der Waals surface area contributed by atoms with Crippen molar-refractivity contribution in [3.8, 4) is 0 Å². The van der Waals surface area contributed by atoms with Crippen molar-refractivity contribution >= 4 is 11.3 Å². The molecule has 0 aliphatic rings. The van der Waals surface area contributed by atoms with Gasteiger partial charge < -0.3 is 5.73 Å². The summed E-state index contributed by atoms with van der Waals surface area (Å²) in [5.74, 6) is 0.456. The van der Waals surface area contributed by atoms with Gasteiger partial charge in [0.1, 0.15) is 5.69 Å². The van der Waals surface area contributed by atoms with Crippen LogP contribution in [0.5, 0.6) is 0 Å². The number of anilines is 1. The maximum absolute atomic E-state index is 6.01. The summed E-state index contributed by atoms with van der Waals surface area (Å²) in [4.78, 5) is 4.38. The van der Waals surface area contributed by atoms with Gasteiger partial charge in [-0.1, -0.05) is 27.2 Å². The molecule has 0 aliphatic carbocycles. The van der Waals surface area contributed by atoms with E-state index in [1.54, 1.807) is 4.52 Å². The highest BCUT2D eigenvalue weighted by Gasteiger charge is 2.11. The topological polar surface area (TPSA) is 56.2 Å². The molecule has 16 heavy (non-hydrogen) atoms. The molecule has 0 aliphatic heterocycles. The van der Waals surface area contributed by atoms with Gasteiger partial charge >= 0.3 is 0 Å². The van der Waals surface area contributed by atoms with Gasteiger partial charge in [-0.15, -0.1) is 0 Å². The number of hydrogen-bond acceptors (Lipinski definition) is 3. The third kappa shape index (κ3) is 1.75. The molecule has 2 aromatic heterocycles.